The Bertz CT molecular complexity index is 2140. The second kappa shape index (κ2) is 14.7. The van der Waals surface area contributed by atoms with Gasteiger partial charge in [0.2, 0.25) is 19.7 Å². The first-order valence-electron chi connectivity index (χ1n) is 17.9. The van der Waals surface area contributed by atoms with Crippen LogP contribution < -0.4 is 20.1 Å². The maximum Gasteiger partial charge on any atom is 0.206 e. The molecule has 4 aromatic carbocycles. The van der Waals surface area contributed by atoms with Gasteiger partial charge >= 0.3 is 0 Å². The molecule has 8 rings (SSSR count). The van der Waals surface area contributed by atoms with Gasteiger partial charge in [0.15, 0.2) is 0 Å². The summed E-state index contributed by atoms with van der Waals surface area (Å²) < 4.78 is 62.6. The van der Waals surface area contributed by atoms with E-state index >= 15 is 0 Å². The van der Waals surface area contributed by atoms with E-state index in [0.29, 0.717) is 50.1 Å². The SMILES string of the molecule is COc1ccc(S(=O)(=O)c2ccc3c(c2)[C@H]2CCN(C)CC[C@@H]2N3)cc1.COc1cccc(S(=O)(=O)c2ccc3c(c2)[C@H]2CCN(C)CC[C@@H]2N3)c1. The molecule has 0 amide bonds. The molecular weight excluding hydrogens is 697 g/mol. The monoisotopic (exact) mass is 744 g/mol. The zero-order chi connectivity index (χ0) is 36.6. The Labute approximate surface area is 308 Å². The van der Waals surface area contributed by atoms with Crippen LogP contribution in [0.4, 0.5) is 11.4 Å². The van der Waals surface area contributed by atoms with E-state index in [2.05, 4.69) is 34.5 Å². The van der Waals surface area contributed by atoms with Gasteiger partial charge in [-0.3, -0.25) is 0 Å². The van der Waals surface area contributed by atoms with Gasteiger partial charge in [0, 0.05) is 35.3 Å². The van der Waals surface area contributed by atoms with Crippen LogP contribution in [0.3, 0.4) is 0 Å². The number of hydrogen-bond donors (Lipinski definition) is 2. The average Bonchev–Trinajstić information content (AvgIpc) is 3.56. The highest BCUT2D eigenvalue weighted by Gasteiger charge is 2.36. The number of hydrogen-bond acceptors (Lipinski definition) is 10. The molecule has 2 N–H and O–H groups in total. The molecule has 0 aromatic heterocycles. The van der Waals surface area contributed by atoms with Crippen molar-refractivity contribution in [2.75, 3.05) is 65.1 Å². The Hall–Kier alpha value is -4.10. The molecule has 4 atom stereocenters. The Kier molecular flexibility index (Phi) is 10.3. The summed E-state index contributed by atoms with van der Waals surface area (Å²) in [6, 6.07) is 25.0. The normalized spacial score (nSPS) is 22.8. The second-order valence-electron chi connectivity index (χ2n) is 14.3. The topological polar surface area (TPSA) is 117 Å². The van der Waals surface area contributed by atoms with E-state index in [0.717, 1.165) is 74.4 Å². The second-order valence-corrected chi connectivity index (χ2v) is 18.2. The van der Waals surface area contributed by atoms with Crippen molar-refractivity contribution in [2.24, 2.45) is 0 Å². The Morgan fingerprint density at radius 2 is 0.981 bits per heavy atom. The average molecular weight is 745 g/mol. The van der Waals surface area contributed by atoms with E-state index in [1.807, 2.05) is 24.3 Å². The third kappa shape index (κ3) is 7.13. The summed E-state index contributed by atoms with van der Waals surface area (Å²) in [6.07, 6.45) is 4.25. The molecule has 0 spiro atoms. The minimum atomic E-state index is -3.57. The standard InChI is InChI=1S/2C20H24N2O3S/c1-22-11-9-17-18-13-16(7-8-19(18)21-20(17)10-12-22)26(23,24)15-5-3-14(25-2)4-6-15;1-22-10-8-17-18-13-16(6-7-19(18)21-20(17)9-11-22)26(23,24)15-5-3-4-14(12-15)25-2/h3-8,13,17,20-21H,9-12H2,1-2H3;3-7,12-13,17,20-21H,8-11H2,1-2H3/t2*17-,20+/m11/s1. The molecule has 0 aliphatic carbocycles. The lowest BCUT2D eigenvalue weighted by molar-refractivity contribution is 0.346. The number of ether oxygens (including phenoxy) is 2. The number of rotatable bonds is 6. The number of nitrogens with zero attached hydrogens (tertiary/aromatic N) is 2. The fourth-order valence-corrected chi connectivity index (χ4v) is 10.7. The van der Waals surface area contributed by atoms with Crippen molar-refractivity contribution in [3.63, 3.8) is 0 Å². The van der Waals surface area contributed by atoms with Crippen LogP contribution in [-0.2, 0) is 19.7 Å². The lowest BCUT2D eigenvalue weighted by atomic mass is 9.91. The minimum Gasteiger partial charge on any atom is -0.497 e. The van der Waals surface area contributed by atoms with Gasteiger partial charge in [-0.25, -0.2) is 16.8 Å². The van der Waals surface area contributed by atoms with E-state index in [9.17, 15) is 16.8 Å². The molecule has 4 aromatic rings. The maximum absolute atomic E-state index is 13.1. The quantitative estimate of drug-likeness (QED) is 0.234. The van der Waals surface area contributed by atoms with E-state index in [1.54, 1.807) is 67.8 Å². The molecule has 0 unspecified atom stereocenters. The summed E-state index contributed by atoms with van der Waals surface area (Å²) in [5.41, 5.74) is 4.43. The fourth-order valence-electron chi connectivity index (χ4n) is 8.04. The summed E-state index contributed by atoms with van der Waals surface area (Å²) in [5, 5.41) is 7.18. The zero-order valence-electron chi connectivity index (χ0n) is 30.2. The van der Waals surface area contributed by atoms with E-state index < -0.39 is 19.7 Å². The Balaban J connectivity index is 0.000000162. The molecule has 0 saturated carbocycles. The van der Waals surface area contributed by atoms with Crippen LogP contribution in [-0.4, -0.2) is 93.2 Å². The van der Waals surface area contributed by atoms with Crippen LogP contribution in [0, 0.1) is 0 Å². The number of methoxy groups -OCH3 is 2. The summed E-state index contributed by atoms with van der Waals surface area (Å²) in [7, 11) is 0.289. The summed E-state index contributed by atoms with van der Waals surface area (Å²) in [5.74, 6) is 1.93. The summed E-state index contributed by atoms with van der Waals surface area (Å²) in [4.78, 5) is 5.96. The van der Waals surface area contributed by atoms with Gasteiger partial charge in [0.05, 0.1) is 33.8 Å². The highest BCUT2D eigenvalue weighted by molar-refractivity contribution is 7.91. The number of likely N-dealkylation sites (tertiary alicyclic amines) is 2. The first kappa shape index (κ1) is 36.3. The molecule has 2 saturated heterocycles. The van der Waals surface area contributed by atoms with Crippen molar-refractivity contribution in [3.05, 3.63) is 96.1 Å². The Morgan fingerprint density at radius 3 is 1.48 bits per heavy atom. The number of nitrogens with one attached hydrogen (secondary N) is 2. The lowest BCUT2D eigenvalue weighted by Crippen LogP contribution is -2.22. The maximum atomic E-state index is 13.1. The number of fused-ring (bicyclic) bond motifs is 6. The Morgan fingerprint density at radius 1 is 0.538 bits per heavy atom. The molecule has 4 aliphatic rings. The van der Waals surface area contributed by atoms with Gasteiger partial charge in [0.1, 0.15) is 11.5 Å². The highest BCUT2D eigenvalue weighted by atomic mass is 32.2. The van der Waals surface area contributed by atoms with Crippen molar-refractivity contribution in [2.45, 2.75) is 69.2 Å². The molecular formula is C40H48N4O6S2. The number of benzene rings is 4. The predicted octanol–water partition coefficient (Wildman–Crippen LogP) is 6.26. The van der Waals surface area contributed by atoms with Crippen molar-refractivity contribution < 1.29 is 26.3 Å². The number of anilines is 2. The van der Waals surface area contributed by atoms with Gasteiger partial charge in [-0.1, -0.05) is 6.07 Å². The summed E-state index contributed by atoms with van der Waals surface area (Å²) in [6.45, 7) is 4.21. The first-order chi connectivity index (χ1) is 25.0. The van der Waals surface area contributed by atoms with Gasteiger partial charge < -0.3 is 29.9 Å². The van der Waals surface area contributed by atoms with Crippen LogP contribution >= 0.6 is 0 Å². The lowest BCUT2D eigenvalue weighted by Gasteiger charge is -2.16. The highest BCUT2D eigenvalue weighted by Crippen LogP contribution is 2.44. The molecule has 4 heterocycles. The third-order valence-electron chi connectivity index (χ3n) is 11.1. The third-order valence-corrected chi connectivity index (χ3v) is 14.6. The molecule has 276 valence electrons. The van der Waals surface area contributed by atoms with Gasteiger partial charge in [0.25, 0.3) is 0 Å². The van der Waals surface area contributed by atoms with E-state index in [4.69, 9.17) is 9.47 Å². The summed E-state index contributed by atoms with van der Waals surface area (Å²) >= 11 is 0. The van der Waals surface area contributed by atoms with Crippen LogP contribution in [0.1, 0.15) is 48.6 Å². The molecule has 10 nitrogen and oxygen atoms in total. The molecule has 0 radical (unpaired) electrons. The van der Waals surface area contributed by atoms with Crippen LogP contribution in [0.15, 0.2) is 105 Å². The molecule has 0 bridgehead atoms. The molecule has 52 heavy (non-hydrogen) atoms. The minimum absolute atomic E-state index is 0.264. The predicted molar refractivity (Wildman–Crippen MR) is 204 cm³/mol. The van der Waals surface area contributed by atoms with Crippen LogP contribution in [0.25, 0.3) is 0 Å². The van der Waals surface area contributed by atoms with Crippen molar-refractivity contribution in [1.29, 1.82) is 0 Å². The van der Waals surface area contributed by atoms with Crippen LogP contribution in [0.2, 0.25) is 0 Å². The van der Waals surface area contributed by atoms with Crippen molar-refractivity contribution >= 4 is 31.0 Å². The van der Waals surface area contributed by atoms with Crippen LogP contribution in [0.5, 0.6) is 11.5 Å². The first-order valence-corrected chi connectivity index (χ1v) is 20.9. The molecule has 4 aliphatic heterocycles. The fraction of sp³-hybridized carbons (Fsp3) is 0.400. The zero-order valence-corrected chi connectivity index (χ0v) is 31.8. The largest absolute Gasteiger partial charge is 0.497 e. The van der Waals surface area contributed by atoms with Crippen molar-refractivity contribution in [1.82, 2.24) is 9.80 Å². The van der Waals surface area contributed by atoms with Gasteiger partial charge in [-0.2, -0.15) is 0 Å². The number of sulfone groups is 2. The van der Waals surface area contributed by atoms with Gasteiger partial charge in [-0.05, 0) is 156 Å². The van der Waals surface area contributed by atoms with Crippen molar-refractivity contribution in [3.8, 4) is 11.5 Å². The molecule has 2 fully saturated rings. The smallest absolute Gasteiger partial charge is 0.206 e. The van der Waals surface area contributed by atoms with E-state index in [-0.39, 0.29) is 4.90 Å². The van der Waals surface area contributed by atoms with Gasteiger partial charge in [-0.15, -0.1) is 0 Å². The molecule has 12 heteroatoms. The van der Waals surface area contributed by atoms with E-state index in [1.165, 1.54) is 7.11 Å².